The minimum atomic E-state index is 0.0756. The summed E-state index contributed by atoms with van der Waals surface area (Å²) in [5.41, 5.74) is 0.851. The Bertz CT molecular complexity index is 729. The molecule has 1 amide bonds. The molecule has 0 radical (unpaired) electrons. The fourth-order valence-electron chi connectivity index (χ4n) is 3.78. The lowest BCUT2D eigenvalue weighted by atomic mass is 10.1. The normalized spacial score (nSPS) is 23.6. The zero-order valence-electron chi connectivity index (χ0n) is 14.3. The lowest BCUT2D eigenvalue weighted by molar-refractivity contribution is -0.132. The minimum Gasteiger partial charge on any atom is -0.332 e. The van der Waals surface area contributed by atoms with Gasteiger partial charge in [-0.1, -0.05) is 34.1 Å². The van der Waals surface area contributed by atoms with Crippen LogP contribution in [0.25, 0.3) is 5.65 Å². The number of rotatable bonds is 6. The monoisotopic (exact) mass is 376 g/mol. The third kappa shape index (κ3) is 3.82. The molecule has 25 heavy (non-hydrogen) atoms. The van der Waals surface area contributed by atoms with Crippen LogP contribution in [0.4, 0.5) is 0 Å². The predicted octanol–water partition coefficient (Wildman–Crippen LogP) is 4.11. The summed E-state index contributed by atoms with van der Waals surface area (Å²) in [5, 5.41) is 9.43. The van der Waals surface area contributed by atoms with Gasteiger partial charge in [-0.25, -0.2) is 0 Å². The average Bonchev–Trinajstić information content (AvgIpc) is 3.38. The highest BCUT2D eigenvalue weighted by atomic mass is 33.1. The first kappa shape index (κ1) is 17.2. The molecule has 0 aliphatic carbocycles. The van der Waals surface area contributed by atoms with Crippen molar-refractivity contribution in [1.82, 2.24) is 19.5 Å². The van der Waals surface area contributed by atoms with E-state index in [-0.39, 0.29) is 11.9 Å². The van der Waals surface area contributed by atoms with Gasteiger partial charge in [0, 0.05) is 30.2 Å². The summed E-state index contributed by atoms with van der Waals surface area (Å²) in [7, 11) is 4.02. The molecule has 134 valence electrons. The molecule has 2 fully saturated rings. The predicted molar refractivity (Wildman–Crippen MR) is 104 cm³/mol. The van der Waals surface area contributed by atoms with Crippen LogP contribution in [0, 0.1) is 0 Å². The molecule has 4 rings (SSSR count). The maximum atomic E-state index is 12.7. The van der Waals surface area contributed by atoms with Crippen molar-refractivity contribution in [2.75, 3.05) is 12.3 Å². The largest absolute Gasteiger partial charge is 0.332 e. The molecule has 4 heterocycles. The van der Waals surface area contributed by atoms with Crippen molar-refractivity contribution in [3.8, 4) is 0 Å². The van der Waals surface area contributed by atoms with E-state index >= 15 is 0 Å². The summed E-state index contributed by atoms with van der Waals surface area (Å²) < 4.78 is 2.02. The third-order valence-corrected chi connectivity index (χ3v) is 8.11. The fourth-order valence-corrected chi connectivity index (χ4v) is 6.80. The van der Waals surface area contributed by atoms with E-state index in [0.29, 0.717) is 6.42 Å². The second kappa shape index (κ2) is 7.99. The van der Waals surface area contributed by atoms with Gasteiger partial charge in [-0.3, -0.25) is 9.20 Å². The molecule has 2 aromatic rings. The summed E-state index contributed by atoms with van der Waals surface area (Å²) >= 11 is 0. The highest BCUT2D eigenvalue weighted by Crippen LogP contribution is 2.40. The molecule has 2 aliphatic heterocycles. The zero-order valence-corrected chi connectivity index (χ0v) is 16.0. The SMILES string of the molecule is O=C(CCCC[C@H]1CCSS1)N1CCC[C@@H]1c1nnc2ccccn12. The van der Waals surface area contributed by atoms with Crippen molar-refractivity contribution in [2.45, 2.75) is 56.2 Å². The Balaban J connectivity index is 1.35. The van der Waals surface area contributed by atoms with Gasteiger partial charge in [0.15, 0.2) is 11.5 Å². The number of nitrogens with zero attached hydrogens (tertiary/aromatic N) is 4. The Hall–Kier alpha value is -1.21. The highest BCUT2D eigenvalue weighted by Gasteiger charge is 2.32. The highest BCUT2D eigenvalue weighted by molar-refractivity contribution is 8.77. The van der Waals surface area contributed by atoms with Gasteiger partial charge >= 0.3 is 0 Å². The van der Waals surface area contributed by atoms with E-state index in [2.05, 4.69) is 10.2 Å². The van der Waals surface area contributed by atoms with Gasteiger partial charge in [-0.2, -0.15) is 0 Å². The molecule has 2 saturated heterocycles. The van der Waals surface area contributed by atoms with Crippen molar-refractivity contribution < 1.29 is 4.79 Å². The van der Waals surface area contributed by atoms with Crippen LogP contribution >= 0.6 is 21.6 Å². The summed E-state index contributed by atoms with van der Waals surface area (Å²) in [4.78, 5) is 14.8. The zero-order chi connectivity index (χ0) is 17.1. The second-order valence-corrected chi connectivity index (χ2v) is 9.59. The molecule has 7 heteroatoms. The van der Waals surface area contributed by atoms with Crippen molar-refractivity contribution in [2.24, 2.45) is 0 Å². The van der Waals surface area contributed by atoms with Crippen LogP contribution in [0.2, 0.25) is 0 Å². The molecule has 0 unspecified atom stereocenters. The first-order valence-corrected chi connectivity index (χ1v) is 11.6. The molecular formula is C18H24N4OS2. The number of pyridine rings is 1. The standard InChI is InChI=1S/C18H24N4OS2/c23-17(9-2-1-6-14-10-13-24-25-14)21-12-5-7-15(21)18-20-19-16-8-3-4-11-22(16)18/h3-4,8,11,14-15H,1-2,5-7,9-10,12-13H2/t14-,15+/m0/s1. The van der Waals surface area contributed by atoms with Crippen molar-refractivity contribution >= 4 is 33.1 Å². The Labute approximate surface area is 156 Å². The summed E-state index contributed by atoms with van der Waals surface area (Å²) in [6, 6.07) is 5.98. The molecular weight excluding hydrogens is 352 g/mol. The number of fused-ring (bicyclic) bond motifs is 1. The first-order valence-electron chi connectivity index (χ1n) is 9.20. The Morgan fingerprint density at radius 1 is 1.24 bits per heavy atom. The number of hydrogen-bond donors (Lipinski definition) is 0. The minimum absolute atomic E-state index is 0.0756. The van der Waals surface area contributed by atoms with Gasteiger partial charge < -0.3 is 4.90 Å². The van der Waals surface area contributed by atoms with E-state index in [0.717, 1.165) is 48.9 Å². The average molecular weight is 377 g/mol. The Morgan fingerprint density at radius 3 is 3.08 bits per heavy atom. The first-order chi connectivity index (χ1) is 12.3. The van der Waals surface area contributed by atoms with Crippen LogP contribution in [0.1, 0.15) is 56.8 Å². The van der Waals surface area contributed by atoms with E-state index in [1.807, 2.05) is 55.3 Å². The van der Waals surface area contributed by atoms with E-state index in [1.165, 1.54) is 18.6 Å². The van der Waals surface area contributed by atoms with Crippen molar-refractivity contribution in [3.63, 3.8) is 0 Å². The van der Waals surface area contributed by atoms with Crippen LogP contribution < -0.4 is 0 Å². The number of carbonyl (C=O) groups is 1. The van der Waals surface area contributed by atoms with Gasteiger partial charge in [-0.05, 0) is 44.2 Å². The Kier molecular flexibility index (Phi) is 5.51. The van der Waals surface area contributed by atoms with E-state index in [9.17, 15) is 4.79 Å². The van der Waals surface area contributed by atoms with Gasteiger partial charge in [0.05, 0.1) is 6.04 Å². The summed E-state index contributed by atoms with van der Waals surface area (Å²) in [6.07, 6.45) is 9.44. The van der Waals surface area contributed by atoms with Crippen LogP contribution in [0.15, 0.2) is 24.4 Å². The number of aromatic nitrogens is 3. The Morgan fingerprint density at radius 2 is 2.20 bits per heavy atom. The molecule has 0 bridgehead atoms. The number of amides is 1. The van der Waals surface area contributed by atoms with Crippen LogP contribution in [-0.4, -0.2) is 43.0 Å². The van der Waals surface area contributed by atoms with Crippen LogP contribution in [0.3, 0.4) is 0 Å². The number of hydrogen-bond acceptors (Lipinski definition) is 5. The second-order valence-electron chi connectivity index (χ2n) is 6.81. The van der Waals surface area contributed by atoms with Crippen molar-refractivity contribution in [3.05, 3.63) is 30.2 Å². The van der Waals surface area contributed by atoms with E-state index in [4.69, 9.17) is 0 Å². The number of carbonyl (C=O) groups excluding carboxylic acids is 1. The van der Waals surface area contributed by atoms with E-state index < -0.39 is 0 Å². The van der Waals surface area contributed by atoms with Gasteiger partial charge in [0.1, 0.15) is 0 Å². The molecule has 0 N–H and O–H groups in total. The molecule has 2 atom stereocenters. The van der Waals surface area contributed by atoms with Gasteiger partial charge in [-0.15, -0.1) is 10.2 Å². The summed E-state index contributed by atoms with van der Waals surface area (Å²) in [6.45, 7) is 0.848. The maximum Gasteiger partial charge on any atom is 0.223 e. The van der Waals surface area contributed by atoms with Gasteiger partial charge in [0.25, 0.3) is 0 Å². The molecule has 0 spiro atoms. The lowest BCUT2D eigenvalue weighted by Gasteiger charge is -2.23. The molecule has 2 aliphatic rings. The number of likely N-dealkylation sites (tertiary alicyclic amines) is 1. The quantitative estimate of drug-likeness (QED) is 0.561. The topological polar surface area (TPSA) is 50.5 Å². The third-order valence-electron chi connectivity index (χ3n) is 5.11. The van der Waals surface area contributed by atoms with Crippen LogP contribution in [0.5, 0.6) is 0 Å². The molecule has 5 nitrogen and oxygen atoms in total. The molecule has 0 saturated carbocycles. The smallest absolute Gasteiger partial charge is 0.223 e. The lowest BCUT2D eigenvalue weighted by Crippen LogP contribution is -2.31. The summed E-state index contributed by atoms with van der Waals surface area (Å²) in [5.74, 6) is 2.47. The fraction of sp³-hybridized carbons (Fsp3) is 0.611. The molecule has 0 aromatic carbocycles. The van der Waals surface area contributed by atoms with Crippen LogP contribution in [-0.2, 0) is 4.79 Å². The maximum absolute atomic E-state index is 12.7. The molecule has 2 aromatic heterocycles. The van der Waals surface area contributed by atoms with E-state index in [1.54, 1.807) is 0 Å². The van der Waals surface area contributed by atoms with Gasteiger partial charge in [0.2, 0.25) is 5.91 Å². The van der Waals surface area contributed by atoms with Crippen molar-refractivity contribution in [1.29, 1.82) is 0 Å². The number of unbranched alkanes of at least 4 members (excludes halogenated alkanes) is 1.